The number of halogens is 2. The summed E-state index contributed by atoms with van der Waals surface area (Å²) >= 11 is 13.9. The van der Waals surface area contributed by atoms with Crippen LogP contribution in [0.15, 0.2) is 42.5 Å². The van der Waals surface area contributed by atoms with Gasteiger partial charge >= 0.3 is 5.97 Å². The molecule has 0 unspecified atom stereocenters. The van der Waals surface area contributed by atoms with Crippen LogP contribution in [0.3, 0.4) is 0 Å². The van der Waals surface area contributed by atoms with Crippen molar-refractivity contribution in [2.24, 2.45) is 5.92 Å². The van der Waals surface area contributed by atoms with E-state index in [4.69, 9.17) is 28.2 Å². The zero-order valence-electron chi connectivity index (χ0n) is 17.3. The number of thiazole rings is 1. The first kappa shape index (κ1) is 23.4. The van der Waals surface area contributed by atoms with Crippen LogP contribution in [0.5, 0.6) is 5.75 Å². The number of phenolic OH excluding ortho intramolecular Hbond substituents is 1. The Kier molecular flexibility index (Phi) is 7.81. The number of hydrogen-bond donors (Lipinski definition) is 2. The molecule has 0 aliphatic rings. The maximum Gasteiger partial charge on any atom is 0.305 e. The molecule has 1 aromatic heterocycles. The highest BCUT2D eigenvalue weighted by Gasteiger charge is 2.20. The van der Waals surface area contributed by atoms with Gasteiger partial charge in [-0.25, -0.2) is 4.98 Å². The molecule has 31 heavy (non-hydrogen) atoms. The molecule has 2 N–H and O–H groups in total. The molecular weight excluding hydrogens is 455 g/mol. The molecule has 0 saturated heterocycles. The van der Waals surface area contributed by atoms with E-state index in [1.54, 1.807) is 35.6 Å². The fourth-order valence-corrected chi connectivity index (χ4v) is 4.79. The lowest BCUT2D eigenvalue weighted by molar-refractivity contribution is -0.136. The van der Waals surface area contributed by atoms with Crippen LogP contribution in [0.25, 0.3) is 11.3 Å². The molecule has 0 aliphatic carbocycles. The van der Waals surface area contributed by atoms with E-state index in [1.807, 2.05) is 23.1 Å². The van der Waals surface area contributed by atoms with Crippen LogP contribution in [0, 0.1) is 5.92 Å². The Bertz CT molecular complexity index is 1070. The van der Waals surface area contributed by atoms with Gasteiger partial charge in [-0.2, -0.15) is 0 Å². The van der Waals surface area contributed by atoms with Gasteiger partial charge in [0.25, 0.3) is 0 Å². The SMILES string of the molecule is CC(C)Cc1sc(N(CCC(=O)O)Cc2ccccc2O)nc1-c1ccc(Cl)c(Cl)c1. The highest BCUT2D eigenvalue weighted by molar-refractivity contribution is 7.16. The number of rotatable bonds is 9. The van der Waals surface area contributed by atoms with Gasteiger partial charge in [-0.05, 0) is 30.5 Å². The lowest BCUT2D eigenvalue weighted by Crippen LogP contribution is -2.25. The topological polar surface area (TPSA) is 73.7 Å². The van der Waals surface area contributed by atoms with Crippen LogP contribution >= 0.6 is 34.5 Å². The van der Waals surface area contributed by atoms with Crippen LogP contribution in [0.2, 0.25) is 10.0 Å². The summed E-state index contributed by atoms with van der Waals surface area (Å²) in [6.07, 6.45) is 0.797. The molecule has 1 heterocycles. The minimum Gasteiger partial charge on any atom is -0.508 e. The average molecular weight is 479 g/mol. The monoisotopic (exact) mass is 478 g/mol. The van der Waals surface area contributed by atoms with Crippen molar-refractivity contribution in [3.8, 4) is 17.0 Å². The Morgan fingerprint density at radius 3 is 2.55 bits per heavy atom. The number of para-hydroxylation sites is 1. The molecular formula is C23H24Cl2N2O3S. The van der Waals surface area contributed by atoms with E-state index in [0.717, 1.165) is 22.6 Å². The molecule has 164 valence electrons. The van der Waals surface area contributed by atoms with E-state index in [1.165, 1.54) is 0 Å². The van der Waals surface area contributed by atoms with Crippen molar-refractivity contribution in [3.05, 3.63) is 63.0 Å². The summed E-state index contributed by atoms with van der Waals surface area (Å²) in [5.41, 5.74) is 2.41. The molecule has 5 nitrogen and oxygen atoms in total. The third-order valence-corrected chi connectivity index (χ3v) is 6.57. The molecule has 0 spiro atoms. The molecule has 0 radical (unpaired) electrons. The molecule has 0 atom stereocenters. The third-order valence-electron chi connectivity index (χ3n) is 4.69. The van der Waals surface area contributed by atoms with Crippen LogP contribution in [-0.4, -0.2) is 27.7 Å². The third kappa shape index (κ3) is 6.12. The normalized spacial score (nSPS) is 11.1. The second kappa shape index (κ2) is 10.4. The number of carboxylic acid groups (broad SMARTS) is 1. The van der Waals surface area contributed by atoms with Crippen molar-refractivity contribution in [2.75, 3.05) is 11.4 Å². The van der Waals surface area contributed by atoms with E-state index in [0.29, 0.717) is 33.2 Å². The highest BCUT2D eigenvalue weighted by atomic mass is 35.5. The van der Waals surface area contributed by atoms with Crippen molar-refractivity contribution in [1.82, 2.24) is 4.98 Å². The second-order valence-corrected chi connectivity index (χ2v) is 9.57. The van der Waals surface area contributed by atoms with Crippen LogP contribution in [0.1, 0.15) is 30.7 Å². The summed E-state index contributed by atoms with van der Waals surface area (Å²) in [6, 6.07) is 12.5. The lowest BCUT2D eigenvalue weighted by atomic mass is 10.0. The van der Waals surface area contributed by atoms with Gasteiger partial charge in [0.15, 0.2) is 5.13 Å². The van der Waals surface area contributed by atoms with Crippen LogP contribution in [-0.2, 0) is 17.8 Å². The van der Waals surface area contributed by atoms with Crippen LogP contribution < -0.4 is 4.90 Å². The Morgan fingerprint density at radius 1 is 1.16 bits per heavy atom. The number of aromatic nitrogens is 1. The maximum atomic E-state index is 11.2. The fourth-order valence-electron chi connectivity index (χ4n) is 3.18. The molecule has 0 bridgehead atoms. The fraction of sp³-hybridized carbons (Fsp3) is 0.304. The molecule has 2 aromatic carbocycles. The second-order valence-electron chi connectivity index (χ2n) is 7.69. The molecule has 8 heteroatoms. The summed E-state index contributed by atoms with van der Waals surface area (Å²) in [5.74, 6) is -0.294. The minimum atomic E-state index is -0.883. The summed E-state index contributed by atoms with van der Waals surface area (Å²) in [7, 11) is 0. The van der Waals surface area contributed by atoms with Gasteiger partial charge < -0.3 is 15.1 Å². The number of aliphatic carboxylic acids is 1. The number of benzene rings is 2. The Labute approximate surface area is 195 Å². The van der Waals surface area contributed by atoms with E-state index >= 15 is 0 Å². The first-order valence-electron chi connectivity index (χ1n) is 9.93. The van der Waals surface area contributed by atoms with E-state index in [-0.39, 0.29) is 18.7 Å². The number of carboxylic acids is 1. The summed E-state index contributed by atoms with van der Waals surface area (Å²) in [4.78, 5) is 19.1. The molecule has 0 saturated carbocycles. The Hall–Kier alpha value is -2.28. The zero-order valence-corrected chi connectivity index (χ0v) is 19.6. The standard InChI is InChI=1S/C23H24Cl2N2O3S/c1-14(2)11-20-22(15-7-8-17(24)18(25)12-15)26-23(31-20)27(10-9-21(29)30)13-16-5-3-4-6-19(16)28/h3-8,12,14,28H,9-11,13H2,1-2H3,(H,29,30). The zero-order chi connectivity index (χ0) is 22.5. The Morgan fingerprint density at radius 2 is 1.90 bits per heavy atom. The summed E-state index contributed by atoms with van der Waals surface area (Å²) in [5, 5.41) is 21.1. The average Bonchev–Trinajstić information content (AvgIpc) is 3.11. The van der Waals surface area contributed by atoms with Gasteiger partial charge in [0.1, 0.15) is 5.75 Å². The highest BCUT2D eigenvalue weighted by Crippen LogP contribution is 2.37. The number of phenols is 1. The first-order valence-corrected chi connectivity index (χ1v) is 11.5. The molecule has 0 fully saturated rings. The number of anilines is 1. The van der Waals surface area contributed by atoms with Crippen molar-refractivity contribution in [2.45, 2.75) is 33.2 Å². The molecule has 0 aliphatic heterocycles. The van der Waals surface area contributed by atoms with Gasteiger partial charge in [-0.1, -0.05) is 61.3 Å². The Balaban J connectivity index is 2.02. The largest absolute Gasteiger partial charge is 0.508 e. The van der Waals surface area contributed by atoms with E-state index < -0.39 is 5.97 Å². The smallest absolute Gasteiger partial charge is 0.305 e. The van der Waals surface area contributed by atoms with E-state index in [9.17, 15) is 15.0 Å². The first-order chi connectivity index (χ1) is 14.7. The van der Waals surface area contributed by atoms with Crippen molar-refractivity contribution >= 4 is 45.6 Å². The van der Waals surface area contributed by atoms with Gasteiger partial charge in [-0.3, -0.25) is 4.79 Å². The predicted octanol–water partition coefficient (Wildman–Crippen LogP) is 6.50. The maximum absolute atomic E-state index is 11.2. The number of hydrogen-bond acceptors (Lipinski definition) is 5. The summed E-state index contributed by atoms with van der Waals surface area (Å²) in [6.45, 7) is 4.92. The summed E-state index contributed by atoms with van der Waals surface area (Å²) < 4.78 is 0. The van der Waals surface area contributed by atoms with Gasteiger partial charge in [-0.15, -0.1) is 11.3 Å². The van der Waals surface area contributed by atoms with Crippen LogP contribution in [0.4, 0.5) is 5.13 Å². The lowest BCUT2D eigenvalue weighted by Gasteiger charge is -2.21. The number of aromatic hydroxyl groups is 1. The molecule has 3 aromatic rings. The van der Waals surface area contributed by atoms with Gasteiger partial charge in [0.2, 0.25) is 0 Å². The molecule has 3 rings (SSSR count). The van der Waals surface area contributed by atoms with E-state index in [2.05, 4.69) is 13.8 Å². The quantitative estimate of drug-likeness (QED) is 0.366. The van der Waals surface area contributed by atoms with Gasteiger partial charge in [0, 0.05) is 29.1 Å². The van der Waals surface area contributed by atoms with Crippen molar-refractivity contribution in [1.29, 1.82) is 0 Å². The number of nitrogens with zero attached hydrogens (tertiary/aromatic N) is 2. The number of carbonyl (C=O) groups is 1. The predicted molar refractivity (Wildman–Crippen MR) is 128 cm³/mol. The van der Waals surface area contributed by atoms with Crippen molar-refractivity contribution < 1.29 is 15.0 Å². The molecule has 0 amide bonds. The van der Waals surface area contributed by atoms with Crippen molar-refractivity contribution in [3.63, 3.8) is 0 Å². The minimum absolute atomic E-state index is 0.0329. The van der Waals surface area contributed by atoms with Gasteiger partial charge in [0.05, 0.1) is 22.2 Å².